The Kier molecular flexibility index (Phi) is 4.09. The molecule has 2 rings (SSSR count). The van der Waals surface area contributed by atoms with Crippen LogP contribution in [0.3, 0.4) is 0 Å². The Morgan fingerprint density at radius 1 is 1.59 bits per heavy atom. The molecule has 1 aliphatic rings. The zero-order chi connectivity index (χ0) is 12.1. The Balaban J connectivity index is 1.91. The molecule has 0 aromatic carbocycles. The van der Waals surface area contributed by atoms with Gasteiger partial charge in [0.15, 0.2) is 0 Å². The number of hydrogen-bond acceptors (Lipinski definition) is 3. The van der Waals surface area contributed by atoms with E-state index in [9.17, 15) is 4.79 Å². The number of carbonyl (C=O) groups is 1. The molecule has 4 nitrogen and oxygen atoms in total. The molecule has 1 fully saturated rings. The second-order valence-corrected chi connectivity index (χ2v) is 4.47. The van der Waals surface area contributed by atoms with Gasteiger partial charge in [0.25, 0.3) is 0 Å². The Morgan fingerprint density at radius 3 is 3.18 bits per heavy atom. The molecule has 1 unspecified atom stereocenters. The number of nitrogens with one attached hydrogen (secondary N) is 1. The lowest BCUT2D eigenvalue weighted by Gasteiger charge is -2.32. The van der Waals surface area contributed by atoms with Crippen LogP contribution in [0.2, 0.25) is 0 Å². The number of carbonyl (C=O) groups excluding carboxylic acids is 1. The molecule has 1 saturated heterocycles. The van der Waals surface area contributed by atoms with E-state index in [-0.39, 0.29) is 5.91 Å². The number of amides is 1. The Labute approximate surface area is 102 Å². The quantitative estimate of drug-likeness (QED) is 0.841. The molecule has 1 aromatic heterocycles. The van der Waals surface area contributed by atoms with Gasteiger partial charge in [-0.25, -0.2) is 0 Å². The second kappa shape index (κ2) is 5.77. The molecule has 92 valence electrons. The summed E-state index contributed by atoms with van der Waals surface area (Å²) in [6.07, 6.45) is 4.38. The van der Waals surface area contributed by atoms with Crippen molar-refractivity contribution in [3.05, 3.63) is 30.1 Å². The molecule has 1 N–H and O–H groups in total. The van der Waals surface area contributed by atoms with Crippen LogP contribution in [0.4, 0.5) is 0 Å². The lowest BCUT2D eigenvalue weighted by molar-refractivity contribution is -0.131. The predicted molar refractivity (Wildman–Crippen MR) is 66.6 cm³/mol. The fourth-order valence-electron chi connectivity index (χ4n) is 2.21. The van der Waals surface area contributed by atoms with Crippen molar-refractivity contribution < 1.29 is 4.79 Å². The molecule has 1 aromatic rings. The van der Waals surface area contributed by atoms with Gasteiger partial charge in [0.1, 0.15) is 0 Å². The molecular formula is C13H19N3O. The number of aromatic nitrogens is 1. The third-order valence-corrected chi connectivity index (χ3v) is 3.24. The van der Waals surface area contributed by atoms with Gasteiger partial charge >= 0.3 is 0 Å². The first-order chi connectivity index (χ1) is 8.29. The molecule has 1 amide bonds. The molecule has 0 spiro atoms. The fraction of sp³-hybridized carbons (Fsp3) is 0.538. The summed E-state index contributed by atoms with van der Waals surface area (Å²) < 4.78 is 0. The van der Waals surface area contributed by atoms with Crippen molar-refractivity contribution in [2.75, 3.05) is 20.1 Å². The first kappa shape index (κ1) is 12.0. The second-order valence-electron chi connectivity index (χ2n) is 4.47. The van der Waals surface area contributed by atoms with E-state index < -0.39 is 0 Å². The molecule has 2 heterocycles. The first-order valence-corrected chi connectivity index (χ1v) is 6.14. The average molecular weight is 233 g/mol. The topological polar surface area (TPSA) is 45.2 Å². The Morgan fingerprint density at radius 2 is 2.47 bits per heavy atom. The number of likely N-dealkylation sites (N-methyl/N-ethyl adjacent to an activating group) is 1. The highest BCUT2D eigenvalue weighted by molar-refractivity contribution is 5.78. The largest absolute Gasteiger partial charge is 0.341 e. The average Bonchev–Trinajstić information content (AvgIpc) is 2.40. The highest BCUT2D eigenvalue weighted by atomic mass is 16.2. The van der Waals surface area contributed by atoms with Crippen LogP contribution < -0.4 is 5.32 Å². The van der Waals surface area contributed by atoms with E-state index in [4.69, 9.17) is 0 Å². The lowest BCUT2D eigenvalue weighted by atomic mass is 10.1. The summed E-state index contributed by atoms with van der Waals surface area (Å²) in [5.74, 6) is 0.184. The minimum atomic E-state index is 0.184. The summed E-state index contributed by atoms with van der Waals surface area (Å²) >= 11 is 0. The summed E-state index contributed by atoms with van der Waals surface area (Å²) in [7, 11) is 1.96. The molecule has 0 bridgehead atoms. The summed E-state index contributed by atoms with van der Waals surface area (Å²) in [6, 6.07) is 6.13. The number of piperidine rings is 1. The van der Waals surface area contributed by atoms with E-state index in [2.05, 4.69) is 10.3 Å². The molecule has 1 aliphatic heterocycles. The summed E-state index contributed by atoms with van der Waals surface area (Å²) in [5, 5.41) is 3.24. The first-order valence-electron chi connectivity index (χ1n) is 6.14. The lowest BCUT2D eigenvalue weighted by Crippen LogP contribution is -2.47. The zero-order valence-corrected chi connectivity index (χ0v) is 10.2. The molecule has 0 aliphatic carbocycles. The molecule has 0 saturated carbocycles. The number of hydrogen-bond donors (Lipinski definition) is 1. The predicted octanol–water partition coefficient (Wildman–Crippen LogP) is 0.834. The number of rotatable bonds is 3. The molecule has 17 heavy (non-hydrogen) atoms. The third-order valence-electron chi connectivity index (χ3n) is 3.24. The van der Waals surface area contributed by atoms with Crippen LogP contribution in [0, 0.1) is 0 Å². The van der Waals surface area contributed by atoms with Crippen molar-refractivity contribution >= 4 is 5.91 Å². The maximum absolute atomic E-state index is 12.1. The SMILES string of the molecule is CNC1CCCN(C(=O)Cc2ccccn2)C1. The molecule has 0 radical (unpaired) electrons. The monoisotopic (exact) mass is 233 g/mol. The minimum absolute atomic E-state index is 0.184. The smallest absolute Gasteiger partial charge is 0.228 e. The van der Waals surface area contributed by atoms with E-state index in [1.807, 2.05) is 30.1 Å². The van der Waals surface area contributed by atoms with Crippen molar-refractivity contribution in [3.63, 3.8) is 0 Å². The minimum Gasteiger partial charge on any atom is -0.341 e. The van der Waals surface area contributed by atoms with Crippen LogP contribution in [0.15, 0.2) is 24.4 Å². The molecule has 1 atom stereocenters. The van der Waals surface area contributed by atoms with Crippen LogP contribution in [0.25, 0.3) is 0 Å². The maximum Gasteiger partial charge on any atom is 0.228 e. The maximum atomic E-state index is 12.1. The van der Waals surface area contributed by atoms with Gasteiger partial charge in [-0.2, -0.15) is 0 Å². The van der Waals surface area contributed by atoms with Crippen LogP contribution in [0.1, 0.15) is 18.5 Å². The Hall–Kier alpha value is -1.42. The van der Waals surface area contributed by atoms with Gasteiger partial charge in [-0.1, -0.05) is 6.07 Å². The van der Waals surface area contributed by atoms with Crippen molar-refractivity contribution in [2.45, 2.75) is 25.3 Å². The standard InChI is InChI=1S/C13H19N3O/c1-14-12-6-4-8-16(10-12)13(17)9-11-5-2-3-7-15-11/h2-3,5,7,12,14H,4,6,8-10H2,1H3. The molecular weight excluding hydrogens is 214 g/mol. The summed E-state index contributed by atoms with van der Waals surface area (Å²) in [4.78, 5) is 18.2. The van der Waals surface area contributed by atoms with E-state index in [0.29, 0.717) is 12.5 Å². The van der Waals surface area contributed by atoms with Gasteiger partial charge < -0.3 is 10.2 Å². The van der Waals surface area contributed by atoms with Crippen molar-refractivity contribution in [2.24, 2.45) is 0 Å². The van der Waals surface area contributed by atoms with Gasteiger partial charge in [0, 0.05) is 31.0 Å². The van der Waals surface area contributed by atoms with Gasteiger partial charge in [-0.05, 0) is 32.0 Å². The van der Waals surface area contributed by atoms with Gasteiger partial charge in [0.2, 0.25) is 5.91 Å². The fourth-order valence-corrected chi connectivity index (χ4v) is 2.21. The van der Waals surface area contributed by atoms with E-state index in [1.54, 1.807) is 6.20 Å². The van der Waals surface area contributed by atoms with Crippen LogP contribution >= 0.6 is 0 Å². The van der Waals surface area contributed by atoms with Crippen molar-refractivity contribution in [3.8, 4) is 0 Å². The van der Waals surface area contributed by atoms with Gasteiger partial charge in [-0.3, -0.25) is 9.78 Å². The van der Waals surface area contributed by atoms with Crippen LogP contribution in [-0.4, -0.2) is 42.0 Å². The highest BCUT2D eigenvalue weighted by Crippen LogP contribution is 2.11. The normalized spacial score (nSPS) is 20.3. The number of pyridine rings is 1. The highest BCUT2D eigenvalue weighted by Gasteiger charge is 2.22. The van der Waals surface area contributed by atoms with Gasteiger partial charge in [-0.15, -0.1) is 0 Å². The van der Waals surface area contributed by atoms with Crippen LogP contribution in [-0.2, 0) is 11.2 Å². The van der Waals surface area contributed by atoms with Crippen LogP contribution in [0.5, 0.6) is 0 Å². The number of likely N-dealkylation sites (tertiary alicyclic amines) is 1. The summed E-state index contributed by atoms with van der Waals surface area (Å²) in [6.45, 7) is 1.70. The third kappa shape index (κ3) is 3.27. The molecule has 4 heteroatoms. The zero-order valence-electron chi connectivity index (χ0n) is 10.2. The van der Waals surface area contributed by atoms with E-state index in [0.717, 1.165) is 31.6 Å². The van der Waals surface area contributed by atoms with Crippen molar-refractivity contribution in [1.29, 1.82) is 0 Å². The number of nitrogens with zero attached hydrogens (tertiary/aromatic N) is 2. The van der Waals surface area contributed by atoms with E-state index >= 15 is 0 Å². The summed E-state index contributed by atoms with van der Waals surface area (Å²) in [5.41, 5.74) is 0.851. The van der Waals surface area contributed by atoms with Gasteiger partial charge in [0.05, 0.1) is 6.42 Å². The van der Waals surface area contributed by atoms with E-state index in [1.165, 1.54) is 0 Å². The van der Waals surface area contributed by atoms with Crippen molar-refractivity contribution in [1.82, 2.24) is 15.2 Å². The Bertz CT molecular complexity index is 366.